The van der Waals surface area contributed by atoms with Crippen molar-refractivity contribution in [2.45, 2.75) is 96.4 Å². The zero-order valence-electron chi connectivity index (χ0n) is 28.9. The number of benzene rings is 2. The summed E-state index contributed by atoms with van der Waals surface area (Å²) in [6, 6.07) is 14.6. The van der Waals surface area contributed by atoms with E-state index in [1.54, 1.807) is 4.90 Å². The Hall–Kier alpha value is -4.38. The monoisotopic (exact) mass is 667 g/mol. The highest BCUT2D eigenvalue weighted by Crippen LogP contribution is 2.33. The number of hydrogen-bond donors (Lipinski definition) is 3. The van der Waals surface area contributed by atoms with E-state index in [4.69, 9.17) is 14.5 Å². The van der Waals surface area contributed by atoms with Gasteiger partial charge in [-0.3, -0.25) is 4.90 Å². The molecule has 0 unspecified atom stereocenters. The van der Waals surface area contributed by atoms with Crippen molar-refractivity contribution in [2.75, 3.05) is 13.1 Å². The van der Waals surface area contributed by atoms with Crippen molar-refractivity contribution in [1.82, 2.24) is 30.2 Å². The SMILES string of the molecule is CC(C)(C)OC(=O)NCCC[C@H]([Si])c1nc2ccc(/C=C/Cc3ccc(-c4cnc([C@@H]5CCCN5C(=O)OC(C)(C)C)[nH]4)cc3)cc2[nH]1. The Balaban J connectivity index is 1.12. The maximum absolute atomic E-state index is 12.7. The summed E-state index contributed by atoms with van der Waals surface area (Å²) < 4.78 is 10.9. The fourth-order valence-electron chi connectivity index (χ4n) is 5.66. The third-order valence-corrected chi connectivity index (χ3v) is 8.47. The van der Waals surface area contributed by atoms with Crippen LogP contribution in [0.15, 0.2) is 54.7 Å². The van der Waals surface area contributed by atoms with Gasteiger partial charge in [-0.1, -0.05) is 42.5 Å². The smallest absolute Gasteiger partial charge is 0.410 e. The van der Waals surface area contributed by atoms with Crippen molar-refractivity contribution in [3.63, 3.8) is 0 Å². The quantitative estimate of drug-likeness (QED) is 0.117. The first-order valence-electron chi connectivity index (χ1n) is 16.7. The van der Waals surface area contributed by atoms with Crippen LogP contribution in [0.1, 0.15) is 102 Å². The molecule has 2 amide bonds. The number of H-pyrrole nitrogens is 2. The Labute approximate surface area is 286 Å². The van der Waals surface area contributed by atoms with Crippen molar-refractivity contribution >= 4 is 39.5 Å². The molecule has 1 aliphatic heterocycles. The van der Waals surface area contributed by atoms with Gasteiger partial charge in [0.15, 0.2) is 0 Å². The lowest BCUT2D eigenvalue weighted by atomic mass is 10.1. The van der Waals surface area contributed by atoms with Crippen LogP contribution in [0.4, 0.5) is 9.59 Å². The second kappa shape index (κ2) is 14.8. The molecule has 5 rings (SSSR count). The van der Waals surface area contributed by atoms with Crippen LogP contribution in [-0.4, -0.2) is 71.6 Å². The van der Waals surface area contributed by atoms with Gasteiger partial charge in [0.05, 0.1) is 29.0 Å². The number of fused-ring (bicyclic) bond motifs is 1. The molecule has 2 atom stereocenters. The Kier molecular flexibility index (Phi) is 10.8. The Bertz CT molecular complexity index is 1730. The number of likely N-dealkylation sites (tertiary alicyclic amines) is 1. The summed E-state index contributed by atoms with van der Waals surface area (Å²) in [5.74, 6) is 1.66. The Morgan fingerprint density at radius 1 is 1.06 bits per heavy atom. The molecule has 0 aliphatic carbocycles. The zero-order valence-corrected chi connectivity index (χ0v) is 29.9. The first kappa shape index (κ1) is 34.9. The maximum atomic E-state index is 12.7. The Morgan fingerprint density at radius 3 is 2.54 bits per heavy atom. The minimum Gasteiger partial charge on any atom is -0.444 e. The van der Waals surface area contributed by atoms with Crippen molar-refractivity contribution in [3.05, 3.63) is 77.5 Å². The fraction of sp³-hybridized carbons (Fsp3) is 0.459. The number of aromatic nitrogens is 4. The van der Waals surface area contributed by atoms with Gasteiger partial charge < -0.3 is 24.8 Å². The van der Waals surface area contributed by atoms with E-state index in [2.05, 4.69) is 79.1 Å². The summed E-state index contributed by atoms with van der Waals surface area (Å²) in [6.07, 6.45) is 9.63. The van der Waals surface area contributed by atoms with E-state index in [1.807, 2.05) is 53.8 Å². The number of nitrogens with one attached hydrogen (secondary N) is 3. The lowest BCUT2D eigenvalue weighted by Gasteiger charge is -2.27. The van der Waals surface area contributed by atoms with Crippen LogP contribution in [0.3, 0.4) is 0 Å². The first-order valence-corrected chi connectivity index (χ1v) is 17.3. The zero-order chi connectivity index (χ0) is 34.5. The van der Waals surface area contributed by atoms with Crippen molar-refractivity contribution in [3.8, 4) is 11.3 Å². The summed E-state index contributed by atoms with van der Waals surface area (Å²) >= 11 is 0. The average molecular weight is 668 g/mol. The summed E-state index contributed by atoms with van der Waals surface area (Å²) in [6.45, 7) is 12.4. The molecule has 11 heteroatoms. The minimum absolute atomic E-state index is 0.0442. The van der Waals surface area contributed by atoms with Gasteiger partial charge in [0.2, 0.25) is 0 Å². The van der Waals surface area contributed by atoms with Gasteiger partial charge in [0.1, 0.15) is 22.9 Å². The number of nitrogens with zero attached hydrogens (tertiary/aromatic N) is 3. The molecule has 4 aromatic rings. The molecule has 3 heterocycles. The van der Waals surface area contributed by atoms with Crippen molar-refractivity contribution < 1.29 is 19.1 Å². The summed E-state index contributed by atoms with van der Waals surface area (Å²) in [5, 5.41) is 2.80. The molecular weight excluding hydrogens is 621 g/mol. The van der Waals surface area contributed by atoms with E-state index in [0.29, 0.717) is 13.1 Å². The predicted octanol–water partition coefficient (Wildman–Crippen LogP) is 7.80. The second-order valence-electron chi connectivity index (χ2n) is 14.3. The van der Waals surface area contributed by atoms with Crippen LogP contribution < -0.4 is 5.32 Å². The normalized spacial score (nSPS) is 16.1. The minimum atomic E-state index is -0.531. The molecule has 1 saturated heterocycles. The van der Waals surface area contributed by atoms with E-state index in [1.165, 1.54) is 5.56 Å². The number of hydrogen-bond acceptors (Lipinski definition) is 6. The van der Waals surface area contributed by atoms with Gasteiger partial charge in [0, 0.05) is 28.9 Å². The summed E-state index contributed by atoms with van der Waals surface area (Å²) in [4.78, 5) is 42.6. The number of rotatable bonds is 10. The number of imidazole rings is 2. The van der Waals surface area contributed by atoms with E-state index in [-0.39, 0.29) is 17.7 Å². The van der Waals surface area contributed by atoms with Crippen molar-refractivity contribution in [2.24, 2.45) is 0 Å². The molecule has 10 nitrogen and oxygen atoms in total. The third kappa shape index (κ3) is 9.59. The number of ether oxygens (including phenoxy) is 2. The van der Waals surface area contributed by atoms with E-state index >= 15 is 0 Å². The van der Waals surface area contributed by atoms with Crippen LogP contribution in [0.5, 0.6) is 0 Å². The number of aromatic amines is 2. The molecule has 0 bridgehead atoms. The van der Waals surface area contributed by atoms with E-state index in [0.717, 1.165) is 71.6 Å². The highest BCUT2D eigenvalue weighted by molar-refractivity contribution is 6.12. The van der Waals surface area contributed by atoms with Crippen LogP contribution in [-0.2, 0) is 15.9 Å². The number of carbonyl (C=O) groups is 2. The number of allylic oxidation sites excluding steroid dienone is 1. The number of carbonyl (C=O) groups excluding carboxylic acids is 2. The standard InChI is InChI=1S/C37H47N6O4Si/c1-36(2,3)46-34(44)38-20-8-13-31(48)33-40-27-19-16-25(22-28(27)41-33)11-7-10-24-14-17-26(18-15-24)29-23-39-32(42-29)30-12-9-21-43(30)35(45)47-37(4,5)6/h7,11,14-19,22-23,30-31H,8-10,12-13,20-21H2,1-6H3,(H,38,44)(H,39,42)(H,40,41)/b11-7+/t30-,31-/m0/s1. The number of amides is 2. The van der Waals surface area contributed by atoms with Gasteiger partial charge in [0.25, 0.3) is 0 Å². The molecule has 0 spiro atoms. The average Bonchev–Trinajstić information content (AvgIpc) is 3.77. The van der Waals surface area contributed by atoms with Gasteiger partial charge in [-0.05, 0) is 102 Å². The lowest BCUT2D eigenvalue weighted by Crippen LogP contribution is -2.36. The molecule has 0 saturated carbocycles. The largest absolute Gasteiger partial charge is 0.444 e. The van der Waals surface area contributed by atoms with Crippen LogP contribution >= 0.6 is 0 Å². The molecule has 1 fully saturated rings. The Morgan fingerprint density at radius 2 is 1.81 bits per heavy atom. The summed E-state index contributed by atoms with van der Waals surface area (Å²) in [5.41, 5.74) is 5.19. The second-order valence-corrected chi connectivity index (χ2v) is 15.0. The molecule has 253 valence electrons. The highest BCUT2D eigenvalue weighted by Gasteiger charge is 2.34. The first-order chi connectivity index (χ1) is 22.7. The molecule has 48 heavy (non-hydrogen) atoms. The third-order valence-electron chi connectivity index (χ3n) is 7.91. The van der Waals surface area contributed by atoms with E-state index < -0.39 is 17.3 Å². The van der Waals surface area contributed by atoms with Crippen LogP contribution in [0.25, 0.3) is 28.4 Å². The highest BCUT2D eigenvalue weighted by atomic mass is 28.1. The van der Waals surface area contributed by atoms with Crippen LogP contribution in [0.2, 0.25) is 0 Å². The summed E-state index contributed by atoms with van der Waals surface area (Å²) in [7, 11) is 3.80. The van der Waals surface area contributed by atoms with Gasteiger partial charge in [-0.25, -0.2) is 19.6 Å². The maximum Gasteiger partial charge on any atom is 0.410 e. The molecule has 3 radical (unpaired) electrons. The molecule has 1 aliphatic rings. The molecule has 2 aromatic heterocycles. The molecule has 2 aromatic carbocycles. The molecule has 3 N–H and O–H groups in total. The van der Waals surface area contributed by atoms with E-state index in [9.17, 15) is 9.59 Å². The topological polar surface area (TPSA) is 125 Å². The number of alkyl carbamates (subject to hydrolysis) is 1. The van der Waals surface area contributed by atoms with Crippen LogP contribution in [0, 0.1) is 0 Å². The lowest BCUT2D eigenvalue weighted by molar-refractivity contribution is 0.0218. The van der Waals surface area contributed by atoms with Gasteiger partial charge in [-0.2, -0.15) is 0 Å². The molecular formula is C37H47N6O4Si. The predicted molar refractivity (Wildman–Crippen MR) is 190 cm³/mol. The van der Waals surface area contributed by atoms with Crippen molar-refractivity contribution in [1.29, 1.82) is 0 Å². The fourth-order valence-corrected chi connectivity index (χ4v) is 6.00. The van der Waals surface area contributed by atoms with Gasteiger partial charge in [-0.15, -0.1) is 0 Å². The van der Waals surface area contributed by atoms with Gasteiger partial charge >= 0.3 is 12.2 Å².